The molecule has 1 atom stereocenters. The molecule has 0 aromatic carbocycles. The smallest absolute Gasteiger partial charge is 0.306 e. The molecule has 80 heavy (non-hydrogen) atoms. The van der Waals surface area contributed by atoms with E-state index in [4.69, 9.17) is 14.2 Å². The molecule has 0 aliphatic rings. The topological polar surface area (TPSA) is 78.9 Å². The van der Waals surface area contributed by atoms with Gasteiger partial charge in [0.1, 0.15) is 13.2 Å². The fourth-order valence-electron chi connectivity index (χ4n) is 10.8. The van der Waals surface area contributed by atoms with E-state index in [1.54, 1.807) is 0 Å². The monoisotopic (exact) mass is 1120 g/mol. The zero-order valence-electron chi connectivity index (χ0n) is 53.9. The lowest BCUT2D eigenvalue weighted by Gasteiger charge is -2.18. The Morgan fingerprint density at radius 2 is 0.487 bits per heavy atom. The molecule has 0 fully saturated rings. The van der Waals surface area contributed by atoms with Gasteiger partial charge in [0.15, 0.2) is 6.10 Å². The SMILES string of the molecule is CC/C=C\C/C=C\C/C=C\C/C=C\CCCCCCCCCCCCCCCCC(=O)OCC(COC(=O)CCCCCCCCCCCCCCCCCCC)OC(=O)CCCCCCCCCCCCCCCCCCCC. The Labute approximate surface area is 498 Å². The summed E-state index contributed by atoms with van der Waals surface area (Å²) in [6.45, 7) is 6.61. The molecule has 0 aliphatic carbocycles. The third-order valence-corrected chi connectivity index (χ3v) is 16.1. The van der Waals surface area contributed by atoms with E-state index in [-0.39, 0.29) is 31.1 Å². The Hall–Kier alpha value is -2.63. The second-order valence-corrected chi connectivity index (χ2v) is 24.1. The molecule has 468 valence electrons. The molecule has 0 saturated carbocycles. The number of esters is 3. The number of hydrogen-bond donors (Lipinski definition) is 0. The predicted octanol–water partition coefficient (Wildman–Crippen LogP) is 24.5. The summed E-state index contributed by atoms with van der Waals surface area (Å²) >= 11 is 0. The highest BCUT2D eigenvalue weighted by molar-refractivity contribution is 5.71. The van der Waals surface area contributed by atoms with E-state index in [1.807, 2.05) is 0 Å². The minimum absolute atomic E-state index is 0.0658. The summed E-state index contributed by atoms with van der Waals surface area (Å²) in [4.78, 5) is 38.5. The van der Waals surface area contributed by atoms with Crippen molar-refractivity contribution in [1.29, 1.82) is 0 Å². The molecule has 0 radical (unpaired) electrons. The van der Waals surface area contributed by atoms with E-state index in [0.29, 0.717) is 19.3 Å². The normalized spacial score (nSPS) is 12.3. The first-order valence-electron chi connectivity index (χ1n) is 35.6. The minimum atomic E-state index is -0.770. The number of carbonyl (C=O) groups is 3. The average Bonchev–Trinajstić information content (AvgIpc) is 3.46. The fourth-order valence-corrected chi connectivity index (χ4v) is 10.8. The van der Waals surface area contributed by atoms with Crippen LogP contribution in [0.4, 0.5) is 0 Å². The first-order chi connectivity index (χ1) is 39.5. The molecule has 6 heteroatoms. The summed E-state index contributed by atoms with van der Waals surface area (Å²) in [5.41, 5.74) is 0. The van der Waals surface area contributed by atoms with Crippen LogP contribution >= 0.6 is 0 Å². The van der Waals surface area contributed by atoms with Crippen LogP contribution in [0.15, 0.2) is 48.6 Å². The molecule has 0 amide bonds. The maximum atomic E-state index is 13.0. The van der Waals surface area contributed by atoms with Gasteiger partial charge in [0.2, 0.25) is 0 Å². The van der Waals surface area contributed by atoms with E-state index >= 15 is 0 Å². The summed E-state index contributed by atoms with van der Waals surface area (Å²) in [6, 6.07) is 0. The molecule has 0 heterocycles. The minimum Gasteiger partial charge on any atom is -0.462 e. The van der Waals surface area contributed by atoms with Gasteiger partial charge in [-0.05, 0) is 57.8 Å². The van der Waals surface area contributed by atoms with Crippen LogP contribution in [0, 0.1) is 0 Å². The number of hydrogen-bond acceptors (Lipinski definition) is 6. The van der Waals surface area contributed by atoms with Crippen molar-refractivity contribution in [1.82, 2.24) is 0 Å². The van der Waals surface area contributed by atoms with Crippen LogP contribution in [0.5, 0.6) is 0 Å². The highest BCUT2D eigenvalue weighted by Gasteiger charge is 2.19. The average molecular weight is 1120 g/mol. The molecule has 0 saturated heterocycles. The first kappa shape index (κ1) is 77.4. The van der Waals surface area contributed by atoms with Crippen molar-refractivity contribution < 1.29 is 28.6 Å². The zero-order valence-corrected chi connectivity index (χ0v) is 53.9. The molecule has 0 aromatic rings. The first-order valence-corrected chi connectivity index (χ1v) is 35.6. The summed E-state index contributed by atoms with van der Waals surface area (Å²) in [5.74, 6) is -0.834. The van der Waals surface area contributed by atoms with Crippen molar-refractivity contribution in [2.45, 2.75) is 393 Å². The van der Waals surface area contributed by atoms with Crippen molar-refractivity contribution in [2.75, 3.05) is 13.2 Å². The summed E-state index contributed by atoms with van der Waals surface area (Å²) in [7, 11) is 0. The molecule has 0 N–H and O–H groups in total. The van der Waals surface area contributed by atoms with Gasteiger partial charge in [0, 0.05) is 19.3 Å². The maximum absolute atomic E-state index is 13.0. The van der Waals surface area contributed by atoms with E-state index in [2.05, 4.69) is 69.4 Å². The lowest BCUT2D eigenvalue weighted by Crippen LogP contribution is -2.30. The molecular weight excluding hydrogens is 985 g/mol. The molecule has 6 nitrogen and oxygen atoms in total. The fraction of sp³-hybridized carbons (Fsp3) is 0.851. The van der Waals surface area contributed by atoms with Crippen LogP contribution in [-0.4, -0.2) is 37.2 Å². The Bertz CT molecular complexity index is 1380. The van der Waals surface area contributed by atoms with Crippen molar-refractivity contribution in [2.24, 2.45) is 0 Å². The number of ether oxygens (including phenoxy) is 3. The number of rotatable bonds is 66. The Balaban J connectivity index is 4.26. The highest BCUT2D eigenvalue weighted by Crippen LogP contribution is 2.19. The summed E-state index contributed by atoms with van der Waals surface area (Å²) in [5, 5.41) is 0. The highest BCUT2D eigenvalue weighted by atomic mass is 16.6. The quantitative estimate of drug-likeness (QED) is 0.0261. The van der Waals surface area contributed by atoms with Crippen molar-refractivity contribution >= 4 is 17.9 Å². The maximum Gasteiger partial charge on any atom is 0.306 e. The van der Waals surface area contributed by atoms with Gasteiger partial charge < -0.3 is 14.2 Å². The van der Waals surface area contributed by atoms with Crippen LogP contribution in [-0.2, 0) is 28.6 Å². The van der Waals surface area contributed by atoms with E-state index in [1.165, 1.54) is 263 Å². The van der Waals surface area contributed by atoms with E-state index < -0.39 is 6.10 Å². The van der Waals surface area contributed by atoms with Gasteiger partial charge in [-0.25, -0.2) is 0 Å². The number of unbranched alkanes of at least 4 members (excludes halogenated alkanes) is 47. The van der Waals surface area contributed by atoms with Gasteiger partial charge in [0.05, 0.1) is 0 Å². The van der Waals surface area contributed by atoms with Crippen LogP contribution in [0.1, 0.15) is 387 Å². The summed E-state index contributed by atoms with van der Waals surface area (Å²) in [6.07, 6.45) is 87.1. The number of allylic oxidation sites excluding steroid dienone is 8. The lowest BCUT2D eigenvalue weighted by atomic mass is 10.0. The van der Waals surface area contributed by atoms with Crippen LogP contribution in [0.2, 0.25) is 0 Å². The van der Waals surface area contributed by atoms with Gasteiger partial charge in [-0.1, -0.05) is 358 Å². The second-order valence-electron chi connectivity index (χ2n) is 24.1. The van der Waals surface area contributed by atoms with Gasteiger partial charge in [-0.3, -0.25) is 14.4 Å². The molecular formula is C74H136O6. The van der Waals surface area contributed by atoms with Gasteiger partial charge >= 0.3 is 17.9 Å². The predicted molar refractivity (Wildman–Crippen MR) is 349 cm³/mol. The van der Waals surface area contributed by atoms with E-state index in [9.17, 15) is 14.4 Å². The third-order valence-electron chi connectivity index (χ3n) is 16.1. The van der Waals surface area contributed by atoms with Crippen molar-refractivity contribution in [3.63, 3.8) is 0 Å². The molecule has 0 aliphatic heterocycles. The second kappa shape index (κ2) is 68.9. The van der Waals surface area contributed by atoms with E-state index in [0.717, 1.165) is 83.5 Å². The number of carbonyl (C=O) groups excluding carboxylic acids is 3. The Morgan fingerprint density at radius 1 is 0.263 bits per heavy atom. The summed E-state index contributed by atoms with van der Waals surface area (Å²) < 4.78 is 17.0. The Morgan fingerprint density at radius 3 is 0.762 bits per heavy atom. The van der Waals surface area contributed by atoms with Gasteiger partial charge in [0.25, 0.3) is 0 Å². The Kier molecular flexibility index (Phi) is 66.6. The standard InChI is InChI=1S/C74H136O6/c1-4-7-10-13-16-19-22-25-28-31-33-34-35-36-37-38-39-40-41-44-46-49-52-55-58-61-64-67-73(76)79-70-71(69-78-72(75)66-63-60-57-54-51-48-45-42-30-27-24-21-18-15-12-9-6-3)80-74(77)68-65-62-59-56-53-50-47-43-32-29-26-23-20-17-14-11-8-5-2/h7,10,16,19,25,28,33-34,71H,4-6,8-9,11-15,17-18,20-24,26-27,29-32,35-70H2,1-3H3/b10-7-,19-16-,28-25-,34-33-. The van der Waals surface area contributed by atoms with Gasteiger partial charge in [-0.2, -0.15) is 0 Å². The molecule has 1 unspecified atom stereocenters. The molecule has 0 spiro atoms. The van der Waals surface area contributed by atoms with Crippen LogP contribution < -0.4 is 0 Å². The lowest BCUT2D eigenvalue weighted by molar-refractivity contribution is -0.167. The van der Waals surface area contributed by atoms with Crippen LogP contribution in [0.25, 0.3) is 0 Å². The zero-order chi connectivity index (χ0) is 57.8. The van der Waals surface area contributed by atoms with Gasteiger partial charge in [-0.15, -0.1) is 0 Å². The van der Waals surface area contributed by atoms with Crippen molar-refractivity contribution in [3.05, 3.63) is 48.6 Å². The third kappa shape index (κ3) is 66.2. The largest absolute Gasteiger partial charge is 0.462 e. The molecule has 0 bridgehead atoms. The van der Waals surface area contributed by atoms with Crippen molar-refractivity contribution in [3.8, 4) is 0 Å². The molecule has 0 rings (SSSR count). The molecule has 0 aromatic heterocycles. The van der Waals surface area contributed by atoms with Crippen LogP contribution in [0.3, 0.4) is 0 Å².